The van der Waals surface area contributed by atoms with Crippen LogP contribution < -0.4 is 16.0 Å². The van der Waals surface area contributed by atoms with Crippen LogP contribution in [-0.2, 0) is 20.9 Å². The van der Waals surface area contributed by atoms with Crippen LogP contribution in [0.15, 0.2) is 54.6 Å². The first-order valence-electron chi connectivity index (χ1n) is 10.2. The third-order valence-electron chi connectivity index (χ3n) is 4.07. The minimum atomic E-state index is -0.602. The van der Waals surface area contributed by atoms with Gasteiger partial charge in [0.05, 0.1) is 0 Å². The topological polar surface area (TPSA) is 96.5 Å². The van der Waals surface area contributed by atoms with Gasteiger partial charge in [-0.3, -0.25) is 9.59 Å². The van der Waals surface area contributed by atoms with E-state index >= 15 is 0 Å². The molecule has 2 aromatic rings. The smallest absolute Gasteiger partial charge is 0.407 e. The molecule has 0 spiro atoms. The Morgan fingerprint density at radius 1 is 1.00 bits per heavy atom. The number of hydrogen-bond acceptors (Lipinski definition) is 4. The van der Waals surface area contributed by atoms with E-state index < -0.39 is 11.7 Å². The number of amides is 3. The van der Waals surface area contributed by atoms with Crippen LogP contribution >= 0.6 is 0 Å². The number of rotatable bonds is 8. The largest absolute Gasteiger partial charge is 0.444 e. The molecule has 3 amide bonds. The van der Waals surface area contributed by atoms with E-state index in [1.165, 1.54) is 18.2 Å². The van der Waals surface area contributed by atoms with Gasteiger partial charge in [0, 0.05) is 31.3 Å². The quantitative estimate of drug-likeness (QED) is 0.540. The van der Waals surface area contributed by atoms with Crippen LogP contribution in [-0.4, -0.2) is 30.1 Å². The van der Waals surface area contributed by atoms with Crippen LogP contribution in [0.3, 0.4) is 0 Å². The molecule has 3 N–H and O–H groups in total. The van der Waals surface area contributed by atoms with E-state index in [1.54, 1.807) is 63.2 Å². The second kappa shape index (κ2) is 11.6. The molecule has 2 rings (SSSR count). The molecule has 0 atom stereocenters. The summed E-state index contributed by atoms with van der Waals surface area (Å²) in [6.07, 6.45) is 2.45. The fraction of sp³-hybridized carbons (Fsp3) is 0.292. The maximum atomic E-state index is 13.0. The van der Waals surface area contributed by atoms with Crippen molar-refractivity contribution in [3.63, 3.8) is 0 Å². The first kappa shape index (κ1) is 24.6. The highest BCUT2D eigenvalue weighted by Gasteiger charge is 2.16. The lowest BCUT2D eigenvalue weighted by Gasteiger charge is -2.19. The zero-order chi connectivity index (χ0) is 23.6. The lowest BCUT2D eigenvalue weighted by atomic mass is 10.1. The molecule has 32 heavy (non-hydrogen) atoms. The zero-order valence-corrected chi connectivity index (χ0v) is 18.4. The summed E-state index contributed by atoms with van der Waals surface area (Å²) in [6, 6.07) is 12.9. The van der Waals surface area contributed by atoms with Crippen molar-refractivity contribution in [1.82, 2.24) is 10.6 Å². The molecule has 0 bridgehead atoms. The van der Waals surface area contributed by atoms with Crippen LogP contribution in [0.2, 0.25) is 0 Å². The minimum absolute atomic E-state index is 0.0914. The molecule has 0 radical (unpaired) electrons. The van der Waals surface area contributed by atoms with E-state index in [-0.39, 0.29) is 37.1 Å². The number of carbonyl (C=O) groups is 3. The molecule has 0 heterocycles. The van der Waals surface area contributed by atoms with Crippen molar-refractivity contribution in [2.75, 3.05) is 11.9 Å². The average Bonchev–Trinajstić information content (AvgIpc) is 2.71. The highest BCUT2D eigenvalue weighted by atomic mass is 19.1. The summed E-state index contributed by atoms with van der Waals surface area (Å²) in [5, 5.41) is 8.06. The van der Waals surface area contributed by atoms with E-state index in [0.717, 1.165) is 5.56 Å². The van der Waals surface area contributed by atoms with Crippen LogP contribution in [0.5, 0.6) is 0 Å². The van der Waals surface area contributed by atoms with Crippen molar-refractivity contribution >= 4 is 29.7 Å². The Bertz CT molecular complexity index is 966. The SMILES string of the molecule is CC(C)(C)OC(=O)NCCC(=O)NCc1ccccc1NC(=O)/C=C/c1ccc(F)cc1. The molecule has 2 aromatic carbocycles. The molecule has 0 aromatic heterocycles. The fourth-order valence-corrected chi connectivity index (χ4v) is 2.59. The number of alkyl carbamates (subject to hydrolysis) is 1. The first-order chi connectivity index (χ1) is 15.1. The first-order valence-corrected chi connectivity index (χ1v) is 10.2. The van der Waals surface area contributed by atoms with Crippen molar-refractivity contribution in [3.05, 3.63) is 71.6 Å². The lowest BCUT2D eigenvalue weighted by Crippen LogP contribution is -2.35. The van der Waals surface area contributed by atoms with Gasteiger partial charge in [0.25, 0.3) is 0 Å². The maximum absolute atomic E-state index is 13.0. The molecule has 0 unspecified atom stereocenters. The molecule has 7 nitrogen and oxygen atoms in total. The Balaban J connectivity index is 1.82. The Kier molecular flexibility index (Phi) is 8.95. The van der Waals surface area contributed by atoms with Crippen LogP contribution in [0.4, 0.5) is 14.9 Å². The van der Waals surface area contributed by atoms with Gasteiger partial charge in [0.2, 0.25) is 11.8 Å². The number of halogens is 1. The average molecular weight is 442 g/mol. The number of hydrogen-bond donors (Lipinski definition) is 3. The number of benzene rings is 2. The molecule has 0 aliphatic heterocycles. The second-order valence-electron chi connectivity index (χ2n) is 7.99. The number of anilines is 1. The van der Waals surface area contributed by atoms with Gasteiger partial charge in [-0.25, -0.2) is 9.18 Å². The number of para-hydroxylation sites is 1. The predicted octanol–water partition coefficient (Wildman–Crippen LogP) is 4.01. The Morgan fingerprint density at radius 2 is 1.69 bits per heavy atom. The lowest BCUT2D eigenvalue weighted by molar-refractivity contribution is -0.121. The fourth-order valence-electron chi connectivity index (χ4n) is 2.59. The maximum Gasteiger partial charge on any atom is 0.407 e. The van der Waals surface area contributed by atoms with Crippen LogP contribution in [0, 0.1) is 5.82 Å². The molecular formula is C24H28FN3O4. The Morgan fingerprint density at radius 3 is 2.38 bits per heavy atom. The summed E-state index contributed by atoms with van der Waals surface area (Å²) in [5.74, 6) is -0.948. The summed E-state index contributed by atoms with van der Waals surface area (Å²) in [7, 11) is 0. The molecule has 0 fully saturated rings. The molecule has 0 aliphatic rings. The summed E-state index contributed by atoms with van der Waals surface area (Å²) in [4.78, 5) is 35.9. The second-order valence-corrected chi connectivity index (χ2v) is 7.99. The summed E-state index contributed by atoms with van der Waals surface area (Å²) < 4.78 is 18.1. The molecule has 0 saturated heterocycles. The van der Waals surface area contributed by atoms with Crippen LogP contribution in [0.1, 0.15) is 38.3 Å². The third kappa shape index (κ3) is 9.42. The van der Waals surface area contributed by atoms with Gasteiger partial charge < -0.3 is 20.7 Å². The van der Waals surface area contributed by atoms with Crippen LogP contribution in [0.25, 0.3) is 6.08 Å². The van der Waals surface area contributed by atoms with Gasteiger partial charge in [0.1, 0.15) is 11.4 Å². The minimum Gasteiger partial charge on any atom is -0.444 e. The monoisotopic (exact) mass is 441 g/mol. The van der Waals surface area contributed by atoms with Gasteiger partial charge in [-0.05, 0) is 56.2 Å². The van der Waals surface area contributed by atoms with Crippen molar-refractivity contribution in [2.24, 2.45) is 0 Å². The number of carbonyl (C=O) groups excluding carboxylic acids is 3. The third-order valence-corrected chi connectivity index (χ3v) is 4.07. The van der Waals surface area contributed by atoms with Crippen molar-refractivity contribution in [3.8, 4) is 0 Å². The molecule has 8 heteroatoms. The predicted molar refractivity (Wildman–Crippen MR) is 121 cm³/mol. The highest BCUT2D eigenvalue weighted by molar-refractivity contribution is 6.02. The Labute approximate surface area is 187 Å². The molecule has 0 saturated carbocycles. The van der Waals surface area contributed by atoms with E-state index in [1.807, 2.05) is 0 Å². The summed E-state index contributed by atoms with van der Waals surface area (Å²) in [6.45, 7) is 5.63. The molecule has 0 aliphatic carbocycles. The van der Waals surface area contributed by atoms with E-state index in [0.29, 0.717) is 11.3 Å². The molecule has 170 valence electrons. The van der Waals surface area contributed by atoms with Gasteiger partial charge in [-0.1, -0.05) is 30.3 Å². The van der Waals surface area contributed by atoms with Gasteiger partial charge in [-0.2, -0.15) is 0 Å². The van der Waals surface area contributed by atoms with Crippen molar-refractivity contribution in [1.29, 1.82) is 0 Å². The summed E-state index contributed by atoms with van der Waals surface area (Å²) >= 11 is 0. The van der Waals surface area contributed by atoms with Gasteiger partial charge >= 0.3 is 6.09 Å². The normalized spacial score (nSPS) is 11.1. The van der Waals surface area contributed by atoms with Crippen molar-refractivity contribution < 1.29 is 23.5 Å². The van der Waals surface area contributed by atoms with E-state index in [9.17, 15) is 18.8 Å². The number of nitrogens with one attached hydrogen (secondary N) is 3. The Hall–Kier alpha value is -3.68. The number of ether oxygens (including phenoxy) is 1. The van der Waals surface area contributed by atoms with E-state index in [4.69, 9.17) is 4.74 Å². The highest BCUT2D eigenvalue weighted by Crippen LogP contribution is 2.15. The standard InChI is InChI=1S/C24H28FN3O4/c1-24(2,3)32-23(31)26-15-14-21(29)27-16-18-6-4-5-7-20(18)28-22(30)13-10-17-8-11-19(25)12-9-17/h4-13H,14-16H2,1-3H3,(H,26,31)(H,27,29)(H,28,30)/b13-10+. The van der Waals surface area contributed by atoms with Crippen molar-refractivity contribution in [2.45, 2.75) is 39.3 Å². The van der Waals surface area contributed by atoms with Gasteiger partial charge in [-0.15, -0.1) is 0 Å². The molecular weight excluding hydrogens is 413 g/mol. The van der Waals surface area contributed by atoms with Gasteiger partial charge in [0.15, 0.2) is 0 Å². The summed E-state index contributed by atoms with van der Waals surface area (Å²) in [5.41, 5.74) is 1.38. The van der Waals surface area contributed by atoms with E-state index in [2.05, 4.69) is 16.0 Å². The zero-order valence-electron chi connectivity index (χ0n) is 18.4.